The Kier molecular flexibility index (Phi) is 5.34. The smallest absolute Gasteiger partial charge is 0.337 e. The Labute approximate surface area is 156 Å². The Morgan fingerprint density at radius 2 is 1.77 bits per heavy atom. The van der Waals surface area contributed by atoms with Gasteiger partial charge < -0.3 is 15.4 Å². The Morgan fingerprint density at radius 1 is 1.04 bits per heavy atom. The highest BCUT2D eigenvalue weighted by Gasteiger charge is 2.06. The molecular weight excluding hydrogens is 352 g/mol. The summed E-state index contributed by atoms with van der Waals surface area (Å²) in [6, 6.07) is 14.3. The zero-order valence-electron chi connectivity index (χ0n) is 14.3. The van der Waals surface area contributed by atoms with Crippen LogP contribution in [0, 0.1) is 6.92 Å². The fourth-order valence-electron chi connectivity index (χ4n) is 2.24. The van der Waals surface area contributed by atoms with Crippen LogP contribution in [0.15, 0.2) is 54.7 Å². The quantitative estimate of drug-likeness (QED) is 0.635. The molecule has 0 amide bonds. The molecule has 1 aromatic heterocycles. The number of halogens is 1. The van der Waals surface area contributed by atoms with Gasteiger partial charge in [0.25, 0.3) is 0 Å². The number of methoxy groups -OCH3 is 1. The number of ether oxygens (including phenoxy) is 1. The molecule has 0 unspecified atom stereocenters. The van der Waals surface area contributed by atoms with Crippen molar-refractivity contribution in [2.45, 2.75) is 6.92 Å². The van der Waals surface area contributed by atoms with Crippen LogP contribution in [0.3, 0.4) is 0 Å². The first-order chi connectivity index (χ1) is 12.5. The van der Waals surface area contributed by atoms with Crippen molar-refractivity contribution in [2.75, 3.05) is 17.7 Å². The number of esters is 1. The minimum absolute atomic E-state index is 0.379. The van der Waals surface area contributed by atoms with Crippen LogP contribution in [0.5, 0.6) is 0 Å². The van der Waals surface area contributed by atoms with Crippen molar-refractivity contribution >= 4 is 40.7 Å². The van der Waals surface area contributed by atoms with Crippen LogP contribution in [-0.2, 0) is 4.74 Å². The third-order valence-corrected chi connectivity index (χ3v) is 4.07. The van der Waals surface area contributed by atoms with E-state index in [1.807, 2.05) is 25.1 Å². The van der Waals surface area contributed by atoms with E-state index in [4.69, 9.17) is 11.6 Å². The van der Waals surface area contributed by atoms with E-state index in [2.05, 4.69) is 25.3 Å². The van der Waals surface area contributed by atoms with Gasteiger partial charge in [0.1, 0.15) is 5.82 Å². The maximum Gasteiger partial charge on any atom is 0.337 e. The van der Waals surface area contributed by atoms with Gasteiger partial charge in [0, 0.05) is 22.6 Å². The van der Waals surface area contributed by atoms with Gasteiger partial charge in [-0.2, -0.15) is 4.98 Å². The molecule has 132 valence electrons. The van der Waals surface area contributed by atoms with Crippen molar-refractivity contribution in [3.63, 3.8) is 0 Å². The summed E-state index contributed by atoms with van der Waals surface area (Å²) in [7, 11) is 1.35. The van der Waals surface area contributed by atoms with Gasteiger partial charge in [0.2, 0.25) is 5.95 Å². The van der Waals surface area contributed by atoms with Crippen molar-refractivity contribution in [3.8, 4) is 0 Å². The molecule has 0 saturated carbocycles. The predicted molar refractivity (Wildman–Crippen MR) is 103 cm³/mol. The fraction of sp³-hybridized carbons (Fsp3) is 0.105. The van der Waals surface area contributed by atoms with E-state index >= 15 is 0 Å². The SMILES string of the molecule is COC(=O)c1ccc(Nc2nccc(Nc3ccc(C)c(Cl)c3)n2)cc1. The first-order valence-electron chi connectivity index (χ1n) is 7.87. The third-order valence-electron chi connectivity index (χ3n) is 3.66. The number of carbonyl (C=O) groups is 1. The predicted octanol–water partition coefficient (Wildman–Crippen LogP) is 4.71. The molecule has 0 spiro atoms. The molecule has 0 bridgehead atoms. The van der Waals surface area contributed by atoms with Crippen LogP contribution in [0.25, 0.3) is 0 Å². The molecule has 7 heteroatoms. The van der Waals surface area contributed by atoms with Crippen molar-refractivity contribution in [1.29, 1.82) is 0 Å². The van der Waals surface area contributed by atoms with Crippen molar-refractivity contribution in [2.24, 2.45) is 0 Å². The van der Waals surface area contributed by atoms with Gasteiger partial charge in [-0.3, -0.25) is 0 Å². The molecule has 6 nitrogen and oxygen atoms in total. The first-order valence-corrected chi connectivity index (χ1v) is 8.24. The fourth-order valence-corrected chi connectivity index (χ4v) is 2.42. The number of carbonyl (C=O) groups excluding carboxylic acids is 1. The molecule has 0 aliphatic carbocycles. The molecule has 2 aromatic carbocycles. The Hall–Kier alpha value is -3.12. The number of nitrogens with one attached hydrogen (secondary N) is 2. The lowest BCUT2D eigenvalue weighted by atomic mass is 10.2. The summed E-state index contributed by atoms with van der Waals surface area (Å²) in [4.78, 5) is 20.1. The lowest BCUT2D eigenvalue weighted by molar-refractivity contribution is 0.0601. The Bertz CT molecular complexity index is 929. The molecule has 2 N–H and O–H groups in total. The van der Waals surface area contributed by atoms with Gasteiger partial charge in [-0.15, -0.1) is 0 Å². The van der Waals surface area contributed by atoms with Gasteiger partial charge in [0.15, 0.2) is 0 Å². The largest absolute Gasteiger partial charge is 0.465 e. The van der Waals surface area contributed by atoms with E-state index in [1.165, 1.54) is 7.11 Å². The second-order valence-corrected chi connectivity index (χ2v) is 5.96. The number of hydrogen-bond acceptors (Lipinski definition) is 6. The van der Waals surface area contributed by atoms with Crippen molar-refractivity contribution in [3.05, 3.63) is 70.9 Å². The zero-order chi connectivity index (χ0) is 18.5. The maximum atomic E-state index is 11.5. The molecule has 3 rings (SSSR count). The third kappa shape index (κ3) is 4.29. The number of aryl methyl sites for hydroxylation is 1. The first kappa shape index (κ1) is 17.7. The number of rotatable bonds is 5. The van der Waals surface area contributed by atoms with E-state index in [-0.39, 0.29) is 5.97 Å². The molecule has 0 aliphatic rings. The average molecular weight is 369 g/mol. The molecule has 26 heavy (non-hydrogen) atoms. The lowest BCUT2D eigenvalue weighted by Gasteiger charge is -2.09. The molecule has 3 aromatic rings. The number of aromatic nitrogens is 2. The van der Waals surface area contributed by atoms with Crippen molar-refractivity contribution in [1.82, 2.24) is 9.97 Å². The molecule has 0 aliphatic heterocycles. The number of nitrogens with zero attached hydrogens (tertiary/aromatic N) is 2. The highest BCUT2D eigenvalue weighted by atomic mass is 35.5. The summed E-state index contributed by atoms with van der Waals surface area (Å²) in [6.07, 6.45) is 1.65. The van der Waals surface area contributed by atoms with E-state index in [9.17, 15) is 4.79 Å². The van der Waals surface area contributed by atoms with Crippen LogP contribution >= 0.6 is 11.6 Å². The highest BCUT2D eigenvalue weighted by molar-refractivity contribution is 6.31. The second kappa shape index (κ2) is 7.84. The molecule has 0 atom stereocenters. The standard InChI is InChI=1S/C19H17ClN4O2/c1-12-3-6-15(11-16(12)20)22-17-9-10-21-19(24-17)23-14-7-4-13(5-8-14)18(25)26-2/h3-11H,1-2H3,(H2,21,22,23,24). The van der Waals surface area contributed by atoms with Gasteiger partial charge in [-0.05, 0) is 55.0 Å². The molecular formula is C19H17ClN4O2. The number of benzene rings is 2. The summed E-state index contributed by atoms with van der Waals surface area (Å²) in [5, 5.41) is 6.98. The van der Waals surface area contributed by atoms with E-state index < -0.39 is 0 Å². The Balaban J connectivity index is 1.72. The van der Waals surface area contributed by atoms with E-state index in [1.54, 1.807) is 36.5 Å². The average Bonchev–Trinajstić information content (AvgIpc) is 2.65. The topological polar surface area (TPSA) is 76.1 Å². The van der Waals surface area contributed by atoms with Crippen LogP contribution in [0.2, 0.25) is 5.02 Å². The van der Waals surface area contributed by atoms with Crippen LogP contribution in [0.1, 0.15) is 15.9 Å². The summed E-state index contributed by atoms with van der Waals surface area (Å²) < 4.78 is 4.68. The summed E-state index contributed by atoms with van der Waals surface area (Å²) >= 11 is 6.15. The summed E-state index contributed by atoms with van der Waals surface area (Å²) in [5.74, 6) is 0.684. The molecule has 0 saturated heterocycles. The second-order valence-electron chi connectivity index (χ2n) is 5.55. The highest BCUT2D eigenvalue weighted by Crippen LogP contribution is 2.23. The van der Waals surface area contributed by atoms with Gasteiger partial charge in [0.05, 0.1) is 12.7 Å². The summed E-state index contributed by atoms with van der Waals surface area (Å²) in [5.41, 5.74) is 3.09. The van der Waals surface area contributed by atoms with Crippen LogP contribution < -0.4 is 10.6 Å². The van der Waals surface area contributed by atoms with E-state index in [0.29, 0.717) is 22.4 Å². The van der Waals surface area contributed by atoms with Gasteiger partial charge >= 0.3 is 5.97 Å². The Morgan fingerprint density at radius 3 is 2.46 bits per heavy atom. The van der Waals surface area contributed by atoms with Crippen LogP contribution in [0.4, 0.5) is 23.1 Å². The molecule has 1 heterocycles. The molecule has 0 fully saturated rings. The number of hydrogen-bond donors (Lipinski definition) is 2. The van der Waals surface area contributed by atoms with Gasteiger partial charge in [-0.25, -0.2) is 9.78 Å². The maximum absolute atomic E-state index is 11.5. The molecule has 0 radical (unpaired) electrons. The zero-order valence-corrected chi connectivity index (χ0v) is 15.0. The monoisotopic (exact) mass is 368 g/mol. The van der Waals surface area contributed by atoms with Crippen molar-refractivity contribution < 1.29 is 9.53 Å². The summed E-state index contributed by atoms with van der Waals surface area (Å²) in [6.45, 7) is 1.95. The van der Waals surface area contributed by atoms with Gasteiger partial charge in [-0.1, -0.05) is 17.7 Å². The van der Waals surface area contributed by atoms with Crippen LogP contribution in [-0.4, -0.2) is 23.0 Å². The number of anilines is 4. The van der Waals surface area contributed by atoms with E-state index in [0.717, 1.165) is 16.9 Å². The normalized spacial score (nSPS) is 10.3. The minimum Gasteiger partial charge on any atom is -0.465 e. The lowest BCUT2D eigenvalue weighted by Crippen LogP contribution is -2.02. The minimum atomic E-state index is -0.379.